The molecule has 0 aliphatic carbocycles. The second-order valence-electron chi connectivity index (χ2n) is 6.54. The van der Waals surface area contributed by atoms with Gasteiger partial charge in [-0.1, -0.05) is 66.2 Å². The molecule has 0 saturated heterocycles. The van der Waals surface area contributed by atoms with Crippen LogP contribution in [-0.4, -0.2) is 13.1 Å². The summed E-state index contributed by atoms with van der Waals surface area (Å²) in [5, 5.41) is 3.56. The first-order valence-corrected chi connectivity index (χ1v) is 7.77. The predicted octanol–water partition coefficient (Wildman–Crippen LogP) is 5.15. The van der Waals surface area contributed by atoms with Gasteiger partial charge in [0.25, 0.3) is 0 Å². The Morgan fingerprint density at radius 3 is 1.82 bits per heavy atom. The van der Waals surface area contributed by atoms with Crippen LogP contribution in [0.4, 0.5) is 0 Å². The van der Waals surface area contributed by atoms with Crippen LogP contribution >= 0.6 is 0 Å². The Bertz CT molecular complexity index is 146. The van der Waals surface area contributed by atoms with Gasteiger partial charge in [-0.15, -0.1) is 0 Å². The van der Waals surface area contributed by atoms with Crippen molar-refractivity contribution in [1.82, 2.24) is 5.32 Å². The van der Waals surface area contributed by atoms with Crippen LogP contribution in [0.15, 0.2) is 0 Å². The fourth-order valence-electron chi connectivity index (χ4n) is 2.08. The van der Waals surface area contributed by atoms with Gasteiger partial charge in [0.05, 0.1) is 0 Å². The van der Waals surface area contributed by atoms with Crippen LogP contribution in [0, 0.1) is 5.41 Å². The highest BCUT2D eigenvalue weighted by Crippen LogP contribution is 2.19. The summed E-state index contributed by atoms with van der Waals surface area (Å²) in [4.78, 5) is 0. The first-order valence-electron chi connectivity index (χ1n) is 7.77. The molecule has 0 aliphatic rings. The van der Waals surface area contributed by atoms with E-state index in [-0.39, 0.29) is 0 Å². The molecule has 0 radical (unpaired) electrons. The van der Waals surface area contributed by atoms with Gasteiger partial charge in [-0.05, 0) is 37.8 Å². The third-order valence-electron chi connectivity index (χ3n) is 3.24. The minimum absolute atomic E-state index is 0.501. The molecule has 0 aliphatic heterocycles. The molecule has 0 aromatic heterocycles. The lowest BCUT2D eigenvalue weighted by Crippen LogP contribution is -2.18. The van der Waals surface area contributed by atoms with E-state index < -0.39 is 0 Å². The Labute approximate surface area is 110 Å². The second kappa shape index (κ2) is 11.1. The average molecular weight is 241 g/mol. The molecule has 0 unspecified atom stereocenters. The van der Waals surface area contributed by atoms with E-state index in [1.807, 2.05) is 0 Å². The molecule has 0 amide bonds. The van der Waals surface area contributed by atoms with Crippen molar-refractivity contribution in [3.8, 4) is 0 Å². The van der Waals surface area contributed by atoms with E-state index in [1.165, 1.54) is 70.9 Å². The van der Waals surface area contributed by atoms with Crippen LogP contribution in [0.25, 0.3) is 0 Å². The largest absolute Gasteiger partial charge is 0.317 e. The quantitative estimate of drug-likeness (QED) is 0.493. The average Bonchev–Trinajstić information content (AvgIpc) is 2.24. The third-order valence-corrected chi connectivity index (χ3v) is 3.24. The summed E-state index contributed by atoms with van der Waals surface area (Å²) in [6.45, 7) is 11.7. The zero-order valence-electron chi connectivity index (χ0n) is 12.8. The zero-order valence-corrected chi connectivity index (χ0v) is 12.8. The molecule has 0 fully saturated rings. The van der Waals surface area contributed by atoms with Gasteiger partial charge in [0.1, 0.15) is 0 Å². The van der Waals surface area contributed by atoms with Crippen LogP contribution in [0.3, 0.4) is 0 Å². The number of nitrogens with one attached hydrogen (secondary N) is 1. The molecule has 0 spiro atoms. The highest BCUT2D eigenvalue weighted by molar-refractivity contribution is 4.62. The van der Waals surface area contributed by atoms with E-state index in [2.05, 4.69) is 33.0 Å². The van der Waals surface area contributed by atoms with E-state index in [0.29, 0.717) is 5.41 Å². The summed E-state index contributed by atoms with van der Waals surface area (Å²) < 4.78 is 0. The van der Waals surface area contributed by atoms with Crippen molar-refractivity contribution >= 4 is 0 Å². The lowest BCUT2D eigenvalue weighted by molar-refractivity contribution is 0.360. The van der Waals surface area contributed by atoms with Crippen molar-refractivity contribution in [1.29, 1.82) is 0 Å². The Morgan fingerprint density at radius 1 is 0.706 bits per heavy atom. The minimum Gasteiger partial charge on any atom is -0.317 e. The maximum atomic E-state index is 3.56. The molecule has 0 saturated carbocycles. The lowest BCUT2D eigenvalue weighted by Gasteiger charge is -2.17. The third kappa shape index (κ3) is 16.0. The van der Waals surface area contributed by atoms with E-state index in [0.717, 1.165) is 0 Å². The first-order chi connectivity index (χ1) is 8.06. The van der Waals surface area contributed by atoms with E-state index in [9.17, 15) is 0 Å². The van der Waals surface area contributed by atoms with Crippen LogP contribution in [0.2, 0.25) is 0 Å². The highest BCUT2D eigenvalue weighted by Gasteiger charge is 2.08. The molecule has 0 aromatic rings. The summed E-state index contributed by atoms with van der Waals surface area (Å²) in [5.41, 5.74) is 0.501. The summed E-state index contributed by atoms with van der Waals surface area (Å²) in [6.07, 6.45) is 12.5. The van der Waals surface area contributed by atoms with Gasteiger partial charge >= 0.3 is 0 Å². The summed E-state index contributed by atoms with van der Waals surface area (Å²) in [5.74, 6) is 0. The fraction of sp³-hybridized carbons (Fsp3) is 1.00. The smallest absolute Gasteiger partial charge is 0.00487 e. The van der Waals surface area contributed by atoms with Gasteiger partial charge < -0.3 is 5.32 Å². The molecule has 1 heteroatoms. The van der Waals surface area contributed by atoms with Gasteiger partial charge in [-0.3, -0.25) is 0 Å². The van der Waals surface area contributed by atoms with Crippen LogP contribution in [-0.2, 0) is 0 Å². The van der Waals surface area contributed by atoms with Crippen molar-refractivity contribution < 1.29 is 0 Å². The van der Waals surface area contributed by atoms with Crippen molar-refractivity contribution in [2.75, 3.05) is 13.1 Å². The fourth-order valence-corrected chi connectivity index (χ4v) is 2.08. The van der Waals surface area contributed by atoms with E-state index in [4.69, 9.17) is 0 Å². The maximum absolute atomic E-state index is 3.56. The van der Waals surface area contributed by atoms with Crippen molar-refractivity contribution in [3.63, 3.8) is 0 Å². The summed E-state index contributed by atoms with van der Waals surface area (Å²) in [6, 6.07) is 0. The van der Waals surface area contributed by atoms with Gasteiger partial charge in [-0.25, -0.2) is 0 Å². The SMILES string of the molecule is CCCCCCCCCNCCCC(C)(C)C. The van der Waals surface area contributed by atoms with Crippen molar-refractivity contribution in [2.45, 2.75) is 85.5 Å². The Kier molecular flexibility index (Phi) is 11.0. The standard InChI is InChI=1S/C16H35N/c1-5-6-7-8-9-10-11-14-17-15-12-13-16(2,3)4/h17H,5-15H2,1-4H3. The van der Waals surface area contributed by atoms with Crippen molar-refractivity contribution in [3.05, 3.63) is 0 Å². The number of unbranched alkanes of at least 4 members (excludes halogenated alkanes) is 6. The molecule has 0 bridgehead atoms. The molecule has 1 nitrogen and oxygen atoms in total. The molecule has 1 N–H and O–H groups in total. The minimum atomic E-state index is 0.501. The van der Waals surface area contributed by atoms with E-state index in [1.54, 1.807) is 0 Å². The normalized spacial score (nSPS) is 12.0. The summed E-state index contributed by atoms with van der Waals surface area (Å²) >= 11 is 0. The Morgan fingerprint density at radius 2 is 1.24 bits per heavy atom. The maximum Gasteiger partial charge on any atom is -0.00487 e. The molecule has 17 heavy (non-hydrogen) atoms. The van der Waals surface area contributed by atoms with Gasteiger partial charge in [-0.2, -0.15) is 0 Å². The highest BCUT2D eigenvalue weighted by atomic mass is 14.8. The predicted molar refractivity (Wildman–Crippen MR) is 79.6 cm³/mol. The molecule has 0 aromatic carbocycles. The number of hydrogen-bond donors (Lipinski definition) is 1. The van der Waals surface area contributed by atoms with E-state index >= 15 is 0 Å². The first kappa shape index (κ1) is 17.0. The lowest BCUT2D eigenvalue weighted by atomic mass is 9.91. The molecular formula is C16H35N. The molecule has 104 valence electrons. The topological polar surface area (TPSA) is 12.0 Å². The molecular weight excluding hydrogens is 206 g/mol. The Hall–Kier alpha value is -0.0400. The van der Waals surface area contributed by atoms with Crippen molar-refractivity contribution in [2.24, 2.45) is 5.41 Å². The van der Waals surface area contributed by atoms with Crippen LogP contribution in [0.1, 0.15) is 85.5 Å². The van der Waals surface area contributed by atoms with Gasteiger partial charge in [0.2, 0.25) is 0 Å². The van der Waals surface area contributed by atoms with Crippen LogP contribution in [0.5, 0.6) is 0 Å². The number of hydrogen-bond acceptors (Lipinski definition) is 1. The summed E-state index contributed by atoms with van der Waals surface area (Å²) in [7, 11) is 0. The Balaban J connectivity index is 2.99. The molecule has 0 heterocycles. The second-order valence-corrected chi connectivity index (χ2v) is 6.54. The number of rotatable bonds is 11. The van der Waals surface area contributed by atoms with Gasteiger partial charge in [0, 0.05) is 0 Å². The zero-order chi connectivity index (χ0) is 13.0. The van der Waals surface area contributed by atoms with Gasteiger partial charge in [0.15, 0.2) is 0 Å². The monoisotopic (exact) mass is 241 g/mol. The van der Waals surface area contributed by atoms with Crippen LogP contribution < -0.4 is 5.32 Å². The molecule has 0 atom stereocenters. The molecule has 0 rings (SSSR count).